The first kappa shape index (κ1) is 16.6. The van der Waals surface area contributed by atoms with Gasteiger partial charge < -0.3 is 15.2 Å². The van der Waals surface area contributed by atoms with Gasteiger partial charge in [0.1, 0.15) is 18.8 Å². The fraction of sp³-hybridized carbons (Fsp3) is 0.455. The highest BCUT2D eigenvalue weighted by Gasteiger charge is 2.39. The summed E-state index contributed by atoms with van der Waals surface area (Å²) in [5.74, 6) is -0.406. The minimum absolute atomic E-state index is 0.0967. The number of aliphatic hydroxyl groups is 1. The minimum Gasteiger partial charge on any atom is -0.406 e. The van der Waals surface area contributed by atoms with E-state index in [0.717, 1.165) is 12.1 Å². The first-order valence-corrected chi connectivity index (χ1v) is 5.49. The third-order valence-corrected chi connectivity index (χ3v) is 2.30. The van der Waals surface area contributed by atoms with E-state index in [9.17, 15) is 26.3 Å². The molecule has 20 heavy (non-hydrogen) atoms. The van der Waals surface area contributed by atoms with Gasteiger partial charge in [-0.1, -0.05) is 0 Å². The van der Waals surface area contributed by atoms with Gasteiger partial charge in [-0.3, -0.25) is 0 Å². The highest BCUT2D eigenvalue weighted by Crippen LogP contribution is 2.22. The molecule has 0 aliphatic carbocycles. The molecule has 0 aliphatic rings. The molecule has 0 aromatic heterocycles. The van der Waals surface area contributed by atoms with Crippen LogP contribution in [0.1, 0.15) is 5.56 Å². The number of quaternary nitrogens is 1. The molecule has 0 amide bonds. The molecule has 0 radical (unpaired) electrons. The molecule has 0 bridgehead atoms. The van der Waals surface area contributed by atoms with E-state index in [4.69, 9.17) is 5.11 Å². The molecular formula is C11H12F6NO2+. The Hall–Kier alpha value is -1.48. The monoisotopic (exact) mass is 304 g/mol. The second-order valence-corrected chi connectivity index (χ2v) is 3.98. The Morgan fingerprint density at radius 2 is 1.60 bits per heavy atom. The highest BCUT2D eigenvalue weighted by molar-refractivity contribution is 5.26. The normalized spacial score (nSPS) is 14.2. The highest BCUT2D eigenvalue weighted by atomic mass is 19.4. The molecule has 0 unspecified atom stereocenters. The predicted molar refractivity (Wildman–Crippen MR) is 55.7 cm³/mol. The van der Waals surface area contributed by atoms with Crippen LogP contribution in [0.3, 0.4) is 0 Å². The molecule has 0 aliphatic heterocycles. The van der Waals surface area contributed by atoms with Crippen LogP contribution in [-0.2, 0) is 6.54 Å². The van der Waals surface area contributed by atoms with Gasteiger partial charge in [0.25, 0.3) is 0 Å². The largest absolute Gasteiger partial charge is 0.573 e. The standard InChI is InChI=1S/C11H11F6NO2/c12-10(13,14)9(19)6-18-5-7-1-3-8(4-2-7)20-11(15,16)17/h1-4,9,18-19H,5-6H2/p+1/t9-/m0/s1. The summed E-state index contributed by atoms with van der Waals surface area (Å²) in [5.41, 5.74) is 0.508. The van der Waals surface area contributed by atoms with E-state index < -0.39 is 30.9 Å². The lowest BCUT2D eigenvalue weighted by atomic mass is 10.2. The zero-order chi connectivity index (χ0) is 15.4. The fourth-order valence-corrected chi connectivity index (χ4v) is 1.37. The lowest BCUT2D eigenvalue weighted by Crippen LogP contribution is -2.85. The van der Waals surface area contributed by atoms with Crippen molar-refractivity contribution in [3.63, 3.8) is 0 Å². The summed E-state index contributed by atoms with van der Waals surface area (Å²) >= 11 is 0. The van der Waals surface area contributed by atoms with Crippen molar-refractivity contribution >= 4 is 0 Å². The average Bonchev–Trinajstić information content (AvgIpc) is 2.28. The maximum Gasteiger partial charge on any atom is 0.573 e. The van der Waals surface area contributed by atoms with E-state index in [1.54, 1.807) is 0 Å². The number of hydrogen-bond acceptors (Lipinski definition) is 2. The lowest BCUT2D eigenvalue weighted by molar-refractivity contribution is -0.680. The lowest BCUT2D eigenvalue weighted by Gasteiger charge is -2.13. The summed E-state index contributed by atoms with van der Waals surface area (Å²) in [6, 6.07) is 4.74. The van der Waals surface area contributed by atoms with Gasteiger partial charge in [-0.2, -0.15) is 13.2 Å². The molecule has 0 spiro atoms. The predicted octanol–water partition coefficient (Wildman–Crippen LogP) is 1.57. The molecule has 9 heteroatoms. The summed E-state index contributed by atoms with van der Waals surface area (Å²) in [6.07, 6.45) is -11.9. The molecule has 0 saturated heterocycles. The summed E-state index contributed by atoms with van der Waals surface area (Å²) in [5, 5.41) is 9.94. The molecule has 1 atom stereocenters. The van der Waals surface area contributed by atoms with Gasteiger partial charge in [-0.05, 0) is 24.3 Å². The van der Waals surface area contributed by atoms with Crippen LogP contribution in [0.2, 0.25) is 0 Å². The third-order valence-electron chi connectivity index (χ3n) is 2.30. The molecule has 0 fully saturated rings. The van der Waals surface area contributed by atoms with Crippen LogP contribution in [0.4, 0.5) is 26.3 Å². The maximum atomic E-state index is 12.0. The van der Waals surface area contributed by atoms with Gasteiger partial charge in [0.05, 0.1) is 0 Å². The van der Waals surface area contributed by atoms with Crippen LogP contribution in [-0.4, -0.2) is 30.3 Å². The van der Waals surface area contributed by atoms with Gasteiger partial charge in [-0.15, -0.1) is 13.2 Å². The van der Waals surface area contributed by atoms with Gasteiger partial charge in [-0.25, -0.2) is 0 Å². The molecule has 1 aromatic carbocycles. The van der Waals surface area contributed by atoms with E-state index in [0.29, 0.717) is 5.56 Å². The second kappa shape index (κ2) is 6.31. The van der Waals surface area contributed by atoms with E-state index in [1.807, 2.05) is 0 Å². The zero-order valence-electron chi connectivity index (χ0n) is 10.0. The number of alkyl halides is 6. The van der Waals surface area contributed by atoms with Crippen molar-refractivity contribution in [3.05, 3.63) is 29.8 Å². The Morgan fingerprint density at radius 1 is 1.05 bits per heavy atom. The second-order valence-electron chi connectivity index (χ2n) is 3.98. The van der Waals surface area contributed by atoms with Crippen LogP contribution < -0.4 is 10.1 Å². The molecule has 3 nitrogen and oxygen atoms in total. The molecule has 114 valence electrons. The smallest absolute Gasteiger partial charge is 0.406 e. The van der Waals surface area contributed by atoms with Crippen molar-refractivity contribution in [2.75, 3.05) is 6.54 Å². The van der Waals surface area contributed by atoms with Crippen LogP contribution in [0.15, 0.2) is 24.3 Å². The van der Waals surface area contributed by atoms with Gasteiger partial charge in [0, 0.05) is 5.56 Å². The topological polar surface area (TPSA) is 46.1 Å². The SMILES string of the molecule is O[C@@H](C[NH2+]Cc1ccc(OC(F)(F)F)cc1)C(F)(F)F. The average molecular weight is 304 g/mol. The van der Waals surface area contributed by atoms with Crippen LogP contribution in [0, 0.1) is 0 Å². The van der Waals surface area contributed by atoms with Crippen molar-refractivity contribution in [2.24, 2.45) is 0 Å². The van der Waals surface area contributed by atoms with Crippen LogP contribution in [0.5, 0.6) is 5.75 Å². The first-order chi connectivity index (χ1) is 9.08. The van der Waals surface area contributed by atoms with Gasteiger partial charge >= 0.3 is 12.5 Å². The molecule has 1 rings (SSSR count). The maximum absolute atomic E-state index is 12.0. The minimum atomic E-state index is -4.79. The molecule has 0 saturated carbocycles. The fourth-order valence-electron chi connectivity index (χ4n) is 1.37. The zero-order valence-corrected chi connectivity index (χ0v) is 10.0. The van der Waals surface area contributed by atoms with E-state index in [-0.39, 0.29) is 6.54 Å². The van der Waals surface area contributed by atoms with Crippen molar-refractivity contribution in [1.82, 2.24) is 0 Å². The summed E-state index contributed by atoms with van der Waals surface area (Å²) in [7, 11) is 0. The summed E-state index contributed by atoms with van der Waals surface area (Å²) in [4.78, 5) is 0. The molecule has 1 aromatic rings. The third kappa shape index (κ3) is 6.11. The van der Waals surface area contributed by atoms with Crippen LogP contribution >= 0.6 is 0 Å². The van der Waals surface area contributed by atoms with Crippen LogP contribution in [0.25, 0.3) is 0 Å². The quantitative estimate of drug-likeness (QED) is 0.811. The number of halogens is 6. The van der Waals surface area contributed by atoms with E-state index in [1.165, 1.54) is 17.4 Å². The Kier molecular flexibility index (Phi) is 5.23. The van der Waals surface area contributed by atoms with Crippen molar-refractivity contribution in [2.45, 2.75) is 25.2 Å². The number of benzene rings is 1. The molecule has 0 heterocycles. The number of hydrogen-bond donors (Lipinski definition) is 2. The van der Waals surface area contributed by atoms with Crippen molar-refractivity contribution < 1.29 is 41.5 Å². The number of ether oxygens (including phenoxy) is 1. The number of rotatable bonds is 5. The van der Waals surface area contributed by atoms with Crippen molar-refractivity contribution in [1.29, 1.82) is 0 Å². The van der Waals surface area contributed by atoms with E-state index in [2.05, 4.69) is 4.74 Å². The van der Waals surface area contributed by atoms with Gasteiger partial charge in [0.15, 0.2) is 6.10 Å². The Labute approximate surface area is 110 Å². The summed E-state index contributed by atoms with van der Waals surface area (Å²) < 4.78 is 75.3. The van der Waals surface area contributed by atoms with Gasteiger partial charge in [0.2, 0.25) is 0 Å². The Balaban J connectivity index is 2.43. The Bertz CT molecular complexity index is 414. The Morgan fingerprint density at radius 3 is 2.05 bits per heavy atom. The number of nitrogens with two attached hydrogens (primary N) is 1. The summed E-state index contributed by atoms with van der Waals surface area (Å²) in [6.45, 7) is -0.482. The van der Waals surface area contributed by atoms with E-state index >= 15 is 0 Å². The number of aliphatic hydroxyl groups excluding tert-OH is 1. The van der Waals surface area contributed by atoms with Crippen molar-refractivity contribution in [3.8, 4) is 5.75 Å². The molecular weight excluding hydrogens is 292 g/mol. The molecule has 3 N–H and O–H groups in total. The first-order valence-electron chi connectivity index (χ1n) is 5.49.